The molecule has 2 N–H and O–H groups in total. The number of H-pyrrole nitrogens is 1. The van der Waals surface area contributed by atoms with Crippen molar-refractivity contribution >= 4 is 44.6 Å². The maximum absolute atomic E-state index is 11.7. The van der Waals surface area contributed by atoms with Gasteiger partial charge < -0.3 is 14.9 Å². The van der Waals surface area contributed by atoms with Crippen LogP contribution in [0, 0.1) is 0 Å². The summed E-state index contributed by atoms with van der Waals surface area (Å²) in [5.41, 5.74) is 1.73. The number of nitrogens with zero attached hydrogens (tertiary/aromatic N) is 3. The fourth-order valence-electron chi connectivity index (χ4n) is 2.10. The zero-order chi connectivity index (χ0) is 17.6. The highest BCUT2D eigenvalue weighted by Gasteiger charge is 2.11. The SMILES string of the molecule is O=C(CO/N=C/c1ccccc1)N=Nc1c(O)[nH]c2ccc(Br)cc12. The number of aromatic hydroxyl groups is 1. The molecule has 3 rings (SSSR count). The van der Waals surface area contributed by atoms with Crippen LogP contribution >= 0.6 is 15.9 Å². The number of fused-ring (bicyclic) bond motifs is 1. The largest absolute Gasteiger partial charge is 0.493 e. The van der Waals surface area contributed by atoms with E-state index in [0.717, 1.165) is 10.0 Å². The molecule has 1 amide bonds. The molecule has 25 heavy (non-hydrogen) atoms. The second kappa shape index (κ2) is 7.71. The summed E-state index contributed by atoms with van der Waals surface area (Å²) in [7, 11) is 0. The predicted octanol–water partition coefficient (Wildman–Crippen LogP) is 4.30. The molecule has 0 aliphatic carbocycles. The summed E-state index contributed by atoms with van der Waals surface area (Å²) in [6.07, 6.45) is 1.49. The van der Waals surface area contributed by atoms with Crippen molar-refractivity contribution in [1.29, 1.82) is 0 Å². The molecule has 0 aliphatic heterocycles. The molecule has 7 nitrogen and oxygen atoms in total. The summed E-state index contributed by atoms with van der Waals surface area (Å²) in [4.78, 5) is 19.4. The van der Waals surface area contributed by atoms with Crippen molar-refractivity contribution in [3.8, 4) is 5.88 Å². The lowest BCUT2D eigenvalue weighted by Crippen LogP contribution is -2.01. The maximum Gasteiger partial charge on any atom is 0.304 e. The summed E-state index contributed by atoms with van der Waals surface area (Å²) in [5, 5.41) is 21.6. The number of hydrogen-bond donors (Lipinski definition) is 2. The lowest BCUT2D eigenvalue weighted by molar-refractivity contribution is -0.122. The number of azo groups is 1. The van der Waals surface area contributed by atoms with Crippen molar-refractivity contribution in [1.82, 2.24) is 4.98 Å². The van der Waals surface area contributed by atoms with Gasteiger partial charge in [-0.25, -0.2) is 0 Å². The fraction of sp³-hybridized carbons (Fsp3) is 0.0588. The number of amides is 1. The number of carbonyl (C=O) groups is 1. The lowest BCUT2D eigenvalue weighted by atomic mass is 10.2. The van der Waals surface area contributed by atoms with E-state index < -0.39 is 5.91 Å². The van der Waals surface area contributed by atoms with E-state index in [4.69, 9.17) is 4.84 Å². The molecule has 0 unspecified atom stereocenters. The van der Waals surface area contributed by atoms with Crippen LogP contribution in [-0.4, -0.2) is 28.8 Å². The fourth-order valence-corrected chi connectivity index (χ4v) is 2.46. The van der Waals surface area contributed by atoms with Crippen LogP contribution < -0.4 is 0 Å². The number of aromatic nitrogens is 1. The smallest absolute Gasteiger partial charge is 0.304 e. The minimum Gasteiger partial charge on any atom is -0.493 e. The van der Waals surface area contributed by atoms with Gasteiger partial charge in [0.05, 0.1) is 11.7 Å². The molecule has 0 saturated heterocycles. The van der Waals surface area contributed by atoms with Crippen molar-refractivity contribution in [3.63, 3.8) is 0 Å². The monoisotopic (exact) mass is 400 g/mol. The predicted molar refractivity (Wildman–Crippen MR) is 97.2 cm³/mol. The van der Waals surface area contributed by atoms with Gasteiger partial charge in [-0.1, -0.05) is 51.4 Å². The number of rotatable bonds is 5. The Balaban J connectivity index is 1.62. The highest BCUT2D eigenvalue weighted by Crippen LogP contribution is 2.36. The zero-order valence-electron chi connectivity index (χ0n) is 12.9. The average molecular weight is 401 g/mol. The van der Waals surface area contributed by atoms with E-state index in [0.29, 0.717) is 10.9 Å². The first-order valence-corrected chi connectivity index (χ1v) is 8.08. The number of benzene rings is 2. The Morgan fingerprint density at radius 3 is 2.84 bits per heavy atom. The molecule has 0 saturated carbocycles. The van der Waals surface area contributed by atoms with Crippen LogP contribution in [0.1, 0.15) is 5.56 Å². The summed E-state index contributed by atoms with van der Waals surface area (Å²) in [6, 6.07) is 14.7. The van der Waals surface area contributed by atoms with Crippen LogP contribution in [-0.2, 0) is 9.63 Å². The Morgan fingerprint density at radius 2 is 2.04 bits per heavy atom. The minimum absolute atomic E-state index is 0.160. The van der Waals surface area contributed by atoms with Crippen molar-refractivity contribution < 1.29 is 14.7 Å². The highest BCUT2D eigenvalue weighted by atomic mass is 79.9. The molecular weight excluding hydrogens is 388 g/mol. The zero-order valence-corrected chi connectivity index (χ0v) is 14.5. The van der Waals surface area contributed by atoms with Gasteiger partial charge in [0.15, 0.2) is 12.3 Å². The minimum atomic E-state index is -0.617. The summed E-state index contributed by atoms with van der Waals surface area (Å²) < 4.78 is 0.820. The van der Waals surface area contributed by atoms with Crippen LogP contribution in [0.2, 0.25) is 0 Å². The Labute approximate surface area is 151 Å². The first-order chi connectivity index (χ1) is 12.1. The number of halogens is 1. The Morgan fingerprint density at radius 1 is 1.24 bits per heavy atom. The molecular formula is C17H13BrN4O3. The van der Waals surface area contributed by atoms with Crippen molar-refractivity contribution in [3.05, 3.63) is 58.6 Å². The van der Waals surface area contributed by atoms with E-state index in [2.05, 4.69) is 36.3 Å². The second-order valence-electron chi connectivity index (χ2n) is 5.02. The molecule has 1 heterocycles. The van der Waals surface area contributed by atoms with Crippen LogP contribution in [0.15, 0.2) is 68.4 Å². The average Bonchev–Trinajstić information content (AvgIpc) is 2.92. The number of carbonyl (C=O) groups excluding carboxylic acids is 1. The third-order valence-electron chi connectivity index (χ3n) is 3.24. The number of hydrogen-bond acceptors (Lipinski definition) is 5. The molecule has 3 aromatic rings. The first kappa shape index (κ1) is 16.8. The third kappa shape index (κ3) is 4.30. The van der Waals surface area contributed by atoms with Gasteiger partial charge >= 0.3 is 5.91 Å². The third-order valence-corrected chi connectivity index (χ3v) is 3.73. The molecule has 0 atom stereocenters. The van der Waals surface area contributed by atoms with Crippen LogP contribution in [0.4, 0.5) is 5.69 Å². The van der Waals surface area contributed by atoms with Gasteiger partial charge in [0, 0.05) is 9.86 Å². The molecule has 2 aromatic carbocycles. The number of aromatic amines is 1. The molecule has 0 aliphatic rings. The topological polar surface area (TPSA) is 99.4 Å². The van der Waals surface area contributed by atoms with Gasteiger partial charge in [-0.15, -0.1) is 10.2 Å². The van der Waals surface area contributed by atoms with Gasteiger partial charge in [0.25, 0.3) is 0 Å². The van der Waals surface area contributed by atoms with Gasteiger partial charge in [-0.05, 0) is 23.8 Å². The van der Waals surface area contributed by atoms with E-state index in [-0.39, 0.29) is 18.2 Å². The van der Waals surface area contributed by atoms with Crippen LogP contribution in [0.3, 0.4) is 0 Å². The van der Waals surface area contributed by atoms with Gasteiger partial charge in [0.1, 0.15) is 0 Å². The highest BCUT2D eigenvalue weighted by molar-refractivity contribution is 9.10. The van der Waals surface area contributed by atoms with Gasteiger partial charge in [-0.3, -0.25) is 4.79 Å². The molecule has 1 aromatic heterocycles. The molecule has 0 bridgehead atoms. The summed E-state index contributed by atoms with van der Waals surface area (Å²) in [5.74, 6) is -0.776. The normalized spacial score (nSPS) is 11.6. The van der Waals surface area contributed by atoms with Crippen LogP contribution in [0.25, 0.3) is 10.9 Å². The van der Waals surface area contributed by atoms with Crippen LogP contribution in [0.5, 0.6) is 5.88 Å². The van der Waals surface area contributed by atoms with E-state index in [1.807, 2.05) is 36.4 Å². The summed E-state index contributed by atoms with van der Waals surface area (Å²) >= 11 is 3.35. The lowest BCUT2D eigenvalue weighted by Gasteiger charge is -1.95. The molecule has 0 spiro atoms. The Kier molecular flexibility index (Phi) is 5.20. The molecule has 0 radical (unpaired) electrons. The summed E-state index contributed by atoms with van der Waals surface area (Å²) in [6.45, 7) is -0.348. The maximum atomic E-state index is 11.7. The van der Waals surface area contributed by atoms with Crippen molar-refractivity contribution in [2.24, 2.45) is 15.4 Å². The van der Waals surface area contributed by atoms with E-state index >= 15 is 0 Å². The van der Waals surface area contributed by atoms with E-state index in [9.17, 15) is 9.90 Å². The molecule has 0 fully saturated rings. The Hall–Kier alpha value is -3.00. The first-order valence-electron chi connectivity index (χ1n) is 7.28. The second-order valence-corrected chi connectivity index (χ2v) is 5.94. The number of oxime groups is 1. The van der Waals surface area contributed by atoms with E-state index in [1.54, 1.807) is 12.1 Å². The molecule has 8 heteroatoms. The van der Waals surface area contributed by atoms with Gasteiger partial charge in [-0.2, -0.15) is 0 Å². The molecule has 126 valence electrons. The number of nitrogens with one attached hydrogen (secondary N) is 1. The Bertz CT molecular complexity index is 951. The quantitative estimate of drug-likeness (QED) is 0.379. The van der Waals surface area contributed by atoms with Gasteiger partial charge in [0.2, 0.25) is 5.88 Å². The standard InChI is InChI=1S/C17H13BrN4O3/c18-12-6-7-14-13(8-12)16(17(24)20-14)22-21-15(23)10-25-19-9-11-4-2-1-3-5-11/h1-9,20,24H,10H2/b19-9+,22-21?. The van der Waals surface area contributed by atoms with E-state index in [1.165, 1.54) is 6.21 Å². The van der Waals surface area contributed by atoms with Crippen molar-refractivity contribution in [2.45, 2.75) is 0 Å². The van der Waals surface area contributed by atoms with Crippen molar-refractivity contribution in [2.75, 3.05) is 6.61 Å².